The second kappa shape index (κ2) is 10.6. The summed E-state index contributed by atoms with van der Waals surface area (Å²) in [5.41, 5.74) is 13.7. The van der Waals surface area contributed by atoms with Crippen molar-refractivity contribution in [2.45, 2.75) is 24.9 Å². The Kier molecular flexibility index (Phi) is 6.88. The van der Waals surface area contributed by atoms with Gasteiger partial charge in [0.25, 0.3) is 0 Å². The van der Waals surface area contributed by atoms with Gasteiger partial charge in [0.1, 0.15) is 8.07 Å². The predicted octanol–water partition coefficient (Wildman–Crippen LogP) is 8.43. The van der Waals surface area contributed by atoms with Crippen LogP contribution in [0, 0.1) is 12.1 Å². The van der Waals surface area contributed by atoms with Crippen LogP contribution < -0.4 is 10.4 Å². The van der Waals surface area contributed by atoms with E-state index in [1.807, 2.05) is 0 Å². The van der Waals surface area contributed by atoms with Crippen LogP contribution in [0.1, 0.15) is 45.2 Å². The van der Waals surface area contributed by atoms with Crippen molar-refractivity contribution in [3.8, 4) is 22.3 Å². The second-order valence-electron chi connectivity index (χ2n) is 11.8. The molecule has 0 spiro atoms. The Morgan fingerprint density at radius 1 is 0.452 bits per heavy atom. The van der Waals surface area contributed by atoms with E-state index >= 15 is 0 Å². The van der Waals surface area contributed by atoms with E-state index < -0.39 is 8.07 Å². The van der Waals surface area contributed by atoms with Gasteiger partial charge < -0.3 is 0 Å². The normalized spacial score (nSPS) is 16.1. The fourth-order valence-corrected chi connectivity index (χ4v) is 10.8. The Labute approximate surface area is 269 Å². The molecular weight excluding hydrogens is 600 g/mol. The molecule has 0 aliphatic heterocycles. The molecule has 0 nitrogen and oxygen atoms in total. The molecule has 0 saturated heterocycles. The summed E-state index contributed by atoms with van der Waals surface area (Å²) in [6.07, 6.45) is 0. The van der Waals surface area contributed by atoms with Crippen molar-refractivity contribution in [1.82, 2.24) is 0 Å². The standard InChI is InChI=1S/C40H30Si.Zr/c1-41(2,35-25-13-23-33-29-19-9-11-21-31(29)37(39(33)35)27-15-5-3-6-16-27)36-26-14-24-34-30-20-10-12-22-32(30)38(40(34)36)28-17-7-4-8-18-28;/h3-15,17,19-26,37-38H,1-2H3;/q-2;+2. The van der Waals surface area contributed by atoms with Crippen LogP contribution in [0.5, 0.6) is 0 Å². The molecule has 6 aromatic rings. The summed E-state index contributed by atoms with van der Waals surface area (Å²) in [5.74, 6) is 0.384. The van der Waals surface area contributed by atoms with E-state index in [0.717, 1.165) is 0 Å². The minimum absolute atomic E-state index is 0. The summed E-state index contributed by atoms with van der Waals surface area (Å²) in [4.78, 5) is 0. The van der Waals surface area contributed by atoms with Crippen molar-refractivity contribution in [3.63, 3.8) is 0 Å². The van der Waals surface area contributed by atoms with Gasteiger partial charge in [-0.1, -0.05) is 98.0 Å². The molecule has 2 atom stereocenters. The van der Waals surface area contributed by atoms with Crippen LogP contribution in [0.3, 0.4) is 0 Å². The van der Waals surface area contributed by atoms with Gasteiger partial charge in [0.15, 0.2) is 0 Å². The Morgan fingerprint density at radius 3 is 1.29 bits per heavy atom. The van der Waals surface area contributed by atoms with E-state index in [0.29, 0.717) is 0 Å². The maximum Gasteiger partial charge on any atom is 2.00 e. The van der Waals surface area contributed by atoms with Crippen molar-refractivity contribution >= 4 is 18.4 Å². The van der Waals surface area contributed by atoms with Crippen molar-refractivity contribution < 1.29 is 26.2 Å². The third kappa shape index (κ3) is 4.03. The van der Waals surface area contributed by atoms with Gasteiger partial charge in [0.2, 0.25) is 0 Å². The molecule has 0 fully saturated rings. The zero-order chi connectivity index (χ0) is 27.6. The summed E-state index contributed by atoms with van der Waals surface area (Å²) in [6, 6.07) is 56.3. The molecule has 2 aliphatic carbocycles. The van der Waals surface area contributed by atoms with Crippen LogP contribution in [0.15, 0.2) is 133 Å². The average molecular weight is 630 g/mol. The number of hydrogen-bond acceptors (Lipinski definition) is 0. The molecule has 0 heterocycles. The Balaban J connectivity index is 0.00000288. The van der Waals surface area contributed by atoms with Crippen LogP contribution in [-0.2, 0) is 26.2 Å². The monoisotopic (exact) mass is 628 g/mol. The van der Waals surface area contributed by atoms with E-state index in [9.17, 15) is 0 Å². The molecule has 2 heteroatoms. The quantitative estimate of drug-likeness (QED) is 0.135. The third-order valence-electron chi connectivity index (χ3n) is 9.35. The minimum Gasteiger partial charge on any atom is -0.179 e. The van der Waals surface area contributed by atoms with Gasteiger partial charge in [-0.3, -0.25) is 0 Å². The average Bonchev–Trinajstić information content (AvgIpc) is 3.55. The fraction of sp³-hybridized carbons (Fsp3) is 0.100. The first kappa shape index (κ1) is 27.3. The summed E-state index contributed by atoms with van der Waals surface area (Å²) < 4.78 is 0. The first-order chi connectivity index (χ1) is 20.1. The van der Waals surface area contributed by atoms with Gasteiger partial charge in [-0.25, -0.2) is 0 Å². The molecule has 0 amide bonds. The molecule has 0 aromatic heterocycles. The third-order valence-corrected chi connectivity index (χ3v) is 12.9. The molecule has 0 saturated carbocycles. The SMILES string of the molecule is C[Si](C)(c1cccc2c1C(c1[c-]cccc1)c1ccccc1-2)c1cccc2c1C(c1[c-]cccc1)c1ccccc1-2.[Zr+2]. The number of hydrogen-bond donors (Lipinski definition) is 0. The van der Waals surface area contributed by atoms with E-state index in [4.69, 9.17) is 0 Å². The zero-order valence-corrected chi connectivity index (χ0v) is 27.3. The van der Waals surface area contributed by atoms with E-state index in [1.54, 1.807) is 0 Å². The van der Waals surface area contributed by atoms with Gasteiger partial charge in [-0.2, -0.15) is 71.8 Å². The molecule has 198 valence electrons. The Hall–Kier alpha value is -3.58. The van der Waals surface area contributed by atoms with Crippen molar-refractivity contribution in [3.05, 3.63) is 179 Å². The summed E-state index contributed by atoms with van der Waals surface area (Å²) >= 11 is 0. The first-order valence-electron chi connectivity index (χ1n) is 14.5. The molecular formula is C40H30SiZr. The van der Waals surface area contributed by atoms with Gasteiger partial charge in [0, 0.05) is 11.8 Å². The van der Waals surface area contributed by atoms with Crippen LogP contribution in [0.2, 0.25) is 13.1 Å². The second-order valence-corrected chi connectivity index (χ2v) is 16.2. The molecule has 42 heavy (non-hydrogen) atoms. The molecule has 2 unspecified atom stereocenters. The van der Waals surface area contributed by atoms with Gasteiger partial charge in [0.05, 0.1) is 0 Å². The van der Waals surface area contributed by atoms with E-state index in [2.05, 4.69) is 159 Å². The molecule has 2 aliphatic rings. The van der Waals surface area contributed by atoms with Gasteiger partial charge in [-0.05, 0) is 54.9 Å². The molecule has 0 radical (unpaired) electrons. The maximum absolute atomic E-state index is 3.60. The van der Waals surface area contributed by atoms with Crippen LogP contribution >= 0.6 is 0 Å². The predicted molar refractivity (Wildman–Crippen MR) is 173 cm³/mol. The largest absolute Gasteiger partial charge is 2.00 e. The van der Waals surface area contributed by atoms with Crippen LogP contribution in [0.4, 0.5) is 0 Å². The van der Waals surface area contributed by atoms with Crippen LogP contribution in [0.25, 0.3) is 22.3 Å². The first-order valence-corrected chi connectivity index (χ1v) is 17.5. The molecule has 0 bridgehead atoms. The Bertz CT molecular complexity index is 1780. The van der Waals surface area contributed by atoms with E-state index in [-0.39, 0.29) is 38.0 Å². The smallest absolute Gasteiger partial charge is 0.179 e. The van der Waals surface area contributed by atoms with Crippen molar-refractivity contribution in [2.75, 3.05) is 0 Å². The molecule has 8 rings (SSSR count). The molecule has 6 aromatic carbocycles. The number of rotatable bonds is 4. The number of fused-ring (bicyclic) bond motifs is 6. The molecule has 0 N–H and O–H groups in total. The van der Waals surface area contributed by atoms with Crippen molar-refractivity contribution in [1.29, 1.82) is 0 Å². The van der Waals surface area contributed by atoms with E-state index in [1.165, 1.54) is 66.0 Å². The maximum atomic E-state index is 3.60. The summed E-state index contributed by atoms with van der Waals surface area (Å²) in [7, 11) is -2.22. The topological polar surface area (TPSA) is 0 Å². The Morgan fingerprint density at radius 2 is 0.857 bits per heavy atom. The summed E-state index contributed by atoms with van der Waals surface area (Å²) in [6.45, 7) is 5.11. The fourth-order valence-electron chi connectivity index (χ4n) is 7.58. The minimum atomic E-state index is -2.22. The summed E-state index contributed by atoms with van der Waals surface area (Å²) in [5, 5.41) is 3.04. The van der Waals surface area contributed by atoms with Gasteiger partial charge >= 0.3 is 26.2 Å². The van der Waals surface area contributed by atoms with Crippen molar-refractivity contribution in [2.24, 2.45) is 0 Å². The zero-order valence-electron chi connectivity index (χ0n) is 23.9. The van der Waals surface area contributed by atoms with Gasteiger partial charge in [-0.15, -0.1) is 0 Å². The number of benzene rings is 6. The van der Waals surface area contributed by atoms with Crippen LogP contribution in [-0.4, -0.2) is 8.07 Å².